The number of carbonyl (C=O) groups excluding carboxylic acids is 7. The second-order valence-corrected chi connectivity index (χ2v) is 13.6. The van der Waals surface area contributed by atoms with Crippen LogP contribution in [-0.2, 0) is 38.4 Å². The molecule has 1 fully saturated rings. The van der Waals surface area contributed by atoms with Crippen LogP contribution in [-0.4, -0.2) is 113 Å². The fourth-order valence-electron chi connectivity index (χ4n) is 5.47. The number of nitrogens with one attached hydrogen (secondary N) is 5. The van der Waals surface area contributed by atoms with Gasteiger partial charge < -0.3 is 53.8 Å². The summed E-state index contributed by atoms with van der Waals surface area (Å²) in [5.41, 5.74) is 16.4. The lowest BCUT2D eigenvalue weighted by Crippen LogP contribution is -2.60. The zero-order valence-corrected chi connectivity index (χ0v) is 30.7. The number of amides is 7. The Bertz CT molecular complexity index is 1250. The minimum Gasteiger partial charge on any atom is -0.480 e. The molecule has 0 aliphatic carbocycles. The Kier molecular flexibility index (Phi) is 19.1. The number of carbonyl (C=O) groups is 8. The minimum absolute atomic E-state index is 0.0964. The second kappa shape index (κ2) is 21.8. The Labute approximate surface area is 299 Å². The molecule has 0 bridgehead atoms. The van der Waals surface area contributed by atoms with Crippen LogP contribution >= 0.6 is 0 Å². The summed E-state index contributed by atoms with van der Waals surface area (Å²) < 4.78 is 0. The first-order valence-electron chi connectivity index (χ1n) is 17.6. The van der Waals surface area contributed by atoms with Gasteiger partial charge in [0.05, 0.1) is 6.04 Å². The summed E-state index contributed by atoms with van der Waals surface area (Å²) in [5.74, 6) is -6.57. The van der Waals surface area contributed by atoms with E-state index < -0.39 is 95.5 Å². The van der Waals surface area contributed by atoms with E-state index in [1.54, 1.807) is 20.8 Å². The molecular weight excluding hydrogens is 666 g/mol. The molecule has 8 unspecified atom stereocenters. The number of hydrogen-bond donors (Lipinski definition) is 9. The van der Waals surface area contributed by atoms with Gasteiger partial charge >= 0.3 is 5.97 Å². The van der Waals surface area contributed by atoms with Crippen molar-refractivity contribution in [2.45, 2.75) is 135 Å². The molecule has 1 saturated heterocycles. The molecule has 1 rings (SSSR count). The number of carboxylic acid groups (broad SMARTS) is 1. The number of rotatable bonds is 22. The number of likely N-dealkylation sites (tertiary alicyclic amines) is 1. The van der Waals surface area contributed by atoms with Crippen LogP contribution in [0, 0.1) is 11.8 Å². The van der Waals surface area contributed by atoms with Gasteiger partial charge in [-0.05, 0) is 70.8 Å². The van der Waals surface area contributed by atoms with Crippen LogP contribution in [0.4, 0.5) is 0 Å². The molecule has 0 aromatic heterocycles. The van der Waals surface area contributed by atoms with Crippen LogP contribution in [0.2, 0.25) is 0 Å². The van der Waals surface area contributed by atoms with E-state index in [4.69, 9.17) is 17.2 Å². The number of nitrogens with zero attached hydrogens (tertiary/aromatic N) is 1. The van der Waals surface area contributed by atoms with Crippen molar-refractivity contribution in [1.82, 2.24) is 31.5 Å². The zero-order chi connectivity index (χ0) is 39.0. The first kappa shape index (κ1) is 44.7. The Morgan fingerprint density at radius 2 is 1.41 bits per heavy atom. The molecule has 12 N–H and O–H groups in total. The molecule has 0 spiro atoms. The molecule has 0 aromatic carbocycles. The number of primary amides is 1. The normalized spacial score (nSPS) is 18.3. The van der Waals surface area contributed by atoms with Gasteiger partial charge in [-0.2, -0.15) is 0 Å². The molecule has 0 aromatic rings. The van der Waals surface area contributed by atoms with E-state index in [9.17, 15) is 43.5 Å². The van der Waals surface area contributed by atoms with E-state index in [0.717, 1.165) is 0 Å². The van der Waals surface area contributed by atoms with E-state index in [0.29, 0.717) is 38.6 Å². The highest BCUT2D eigenvalue weighted by Gasteiger charge is 2.40. The standard InChI is InChI=1S/C33H59N9O9/c1-7-18(4)26(41-30(47)23-12-10-16-42(23)32(49)25(17(2)3)40-27(44)19(5)35)31(48)37-20(6)28(45)38-21(13-14-24(36)43)29(46)39-22(33(50)51)11-8-9-15-34/h17-23,25-26H,7-16,34-35H2,1-6H3,(H2,36,43)(H,37,48)(H,38,45)(H,39,46)(H,40,44)(H,41,47)(H,50,51). The van der Waals surface area contributed by atoms with Gasteiger partial charge in [0.1, 0.15) is 36.3 Å². The Morgan fingerprint density at radius 3 is 1.94 bits per heavy atom. The SMILES string of the molecule is CCC(C)C(NC(=O)C1CCCN1C(=O)C(NC(=O)C(C)N)C(C)C)C(=O)NC(C)C(=O)NC(CCC(N)=O)C(=O)NC(CCCCN)C(=O)O. The topological polar surface area (TPSA) is 298 Å². The van der Waals surface area contributed by atoms with E-state index in [-0.39, 0.29) is 31.7 Å². The van der Waals surface area contributed by atoms with Crippen LogP contribution < -0.4 is 43.8 Å². The summed E-state index contributed by atoms with van der Waals surface area (Å²) in [7, 11) is 0. The third kappa shape index (κ3) is 14.4. The fraction of sp³-hybridized carbons (Fsp3) is 0.758. The molecule has 1 aliphatic rings. The number of aliphatic carboxylic acids is 1. The first-order valence-corrected chi connectivity index (χ1v) is 17.6. The molecule has 18 heteroatoms. The lowest BCUT2D eigenvalue weighted by Gasteiger charge is -2.32. The van der Waals surface area contributed by atoms with Crippen molar-refractivity contribution in [3.63, 3.8) is 0 Å². The molecule has 0 radical (unpaired) electrons. The van der Waals surface area contributed by atoms with E-state index >= 15 is 0 Å². The highest BCUT2D eigenvalue weighted by Crippen LogP contribution is 2.21. The van der Waals surface area contributed by atoms with E-state index in [1.165, 1.54) is 18.7 Å². The summed E-state index contributed by atoms with van der Waals surface area (Å²) in [5, 5.41) is 22.4. The number of carboxylic acids is 1. The predicted octanol–water partition coefficient (Wildman–Crippen LogP) is -2.05. The average Bonchev–Trinajstić information content (AvgIpc) is 3.56. The zero-order valence-electron chi connectivity index (χ0n) is 30.7. The monoisotopic (exact) mass is 725 g/mol. The molecule has 51 heavy (non-hydrogen) atoms. The van der Waals surface area contributed by atoms with E-state index in [1.807, 2.05) is 6.92 Å². The Morgan fingerprint density at radius 1 is 0.784 bits per heavy atom. The molecule has 1 aliphatic heterocycles. The maximum absolute atomic E-state index is 13.6. The summed E-state index contributed by atoms with van der Waals surface area (Å²) in [6.45, 7) is 10.6. The first-order chi connectivity index (χ1) is 23.9. The smallest absolute Gasteiger partial charge is 0.326 e. The molecular formula is C33H59N9O9. The number of unbranched alkanes of at least 4 members (excludes halogenated alkanes) is 1. The summed E-state index contributed by atoms with van der Waals surface area (Å²) >= 11 is 0. The average molecular weight is 726 g/mol. The number of nitrogens with two attached hydrogens (primary N) is 3. The molecule has 0 saturated carbocycles. The summed E-state index contributed by atoms with van der Waals surface area (Å²) in [4.78, 5) is 104. The predicted molar refractivity (Wildman–Crippen MR) is 187 cm³/mol. The second-order valence-electron chi connectivity index (χ2n) is 13.6. The Hall–Kier alpha value is -4.32. The van der Waals surface area contributed by atoms with E-state index in [2.05, 4.69) is 26.6 Å². The lowest BCUT2D eigenvalue weighted by molar-refractivity contribution is -0.143. The summed E-state index contributed by atoms with van der Waals surface area (Å²) in [6, 6.07) is -7.59. The molecule has 290 valence electrons. The highest BCUT2D eigenvalue weighted by atomic mass is 16.4. The van der Waals surface area contributed by atoms with Gasteiger partial charge in [-0.25, -0.2) is 4.79 Å². The van der Waals surface area contributed by atoms with Gasteiger partial charge in [0.15, 0.2) is 0 Å². The maximum atomic E-state index is 13.6. The molecule has 8 atom stereocenters. The molecule has 7 amide bonds. The van der Waals surface area contributed by atoms with Gasteiger partial charge in [-0.1, -0.05) is 34.1 Å². The molecule has 18 nitrogen and oxygen atoms in total. The van der Waals surface area contributed by atoms with Crippen LogP contribution in [0.15, 0.2) is 0 Å². The molecule has 1 heterocycles. The number of hydrogen-bond acceptors (Lipinski definition) is 10. The van der Waals surface area contributed by atoms with Crippen molar-refractivity contribution in [2.24, 2.45) is 29.0 Å². The largest absolute Gasteiger partial charge is 0.480 e. The minimum atomic E-state index is -1.34. The van der Waals surface area contributed by atoms with Gasteiger partial charge in [0.25, 0.3) is 0 Å². The van der Waals surface area contributed by atoms with Crippen molar-refractivity contribution in [3.05, 3.63) is 0 Å². The van der Waals surface area contributed by atoms with Crippen molar-refractivity contribution >= 4 is 47.3 Å². The van der Waals surface area contributed by atoms with Crippen LogP contribution in [0.5, 0.6) is 0 Å². The Balaban J connectivity index is 3.07. The summed E-state index contributed by atoms with van der Waals surface area (Å²) in [6.07, 6.45) is 1.89. The fourth-order valence-corrected chi connectivity index (χ4v) is 5.47. The highest BCUT2D eigenvalue weighted by molar-refractivity contribution is 5.97. The van der Waals surface area contributed by atoms with Crippen LogP contribution in [0.3, 0.4) is 0 Å². The van der Waals surface area contributed by atoms with Crippen molar-refractivity contribution in [1.29, 1.82) is 0 Å². The van der Waals surface area contributed by atoms with Gasteiger partial charge in [0, 0.05) is 13.0 Å². The third-order valence-corrected chi connectivity index (χ3v) is 8.90. The van der Waals surface area contributed by atoms with Crippen molar-refractivity contribution in [3.8, 4) is 0 Å². The van der Waals surface area contributed by atoms with Crippen molar-refractivity contribution < 1.29 is 43.5 Å². The lowest BCUT2D eigenvalue weighted by atomic mass is 9.97. The maximum Gasteiger partial charge on any atom is 0.326 e. The van der Waals surface area contributed by atoms with Gasteiger partial charge in [-0.3, -0.25) is 33.6 Å². The van der Waals surface area contributed by atoms with Gasteiger partial charge in [-0.15, -0.1) is 0 Å². The van der Waals surface area contributed by atoms with Crippen molar-refractivity contribution in [2.75, 3.05) is 13.1 Å². The van der Waals surface area contributed by atoms with Gasteiger partial charge in [0.2, 0.25) is 41.4 Å². The third-order valence-electron chi connectivity index (χ3n) is 8.90. The quantitative estimate of drug-likeness (QED) is 0.0547. The van der Waals surface area contributed by atoms with Crippen LogP contribution in [0.1, 0.15) is 92.9 Å². The van der Waals surface area contributed by atoms with Crippen LogP contribution in [0.25, 0.3) is 0 Å².